The van der Waals surface area contributed by atoms with E-state index in [-0.39, 0.29) is 17.8 Å². The van der Waals surface area contributed by atoms with E-state index in [2.05, 4.69) is 5.32 Å². The summed E-state index contributed by atoms with van der Waals surface area (Å²) in [6.07, 6.45) is 0.250. The van der Waals surface area contributed by atoms with Gasteiger partial charge < -0.3 is 14.8 Å². The van der Waals surface area contributed by atoms with Crippen molar-refractivity contribution in [2.75, 3.05) is 7.11 Å². The second-order valence-corrected chi connectivity index (χ2v) is 9.26. The molecular weight excluding hydrogens is 390 g/mol. The first kappa shape index (κ1) is 21.3. The summed E-state index contributed by atoms with van der Waals surface area (Å²) in [4.78, 5) is 40.8. The highest BCUT2D eigenvalue weighted by Gasteiger charge is 2.47. The third-order valence-corrected chi connectivity index (χ3v) is 6.42. The molecule has 2 heterocycles. The van der Waals surface area contributed by atoms with E-state index in [4.69, 9.17) is 9.47 Å². The summed E-state index contributed by atoms with van der Waals surface area (Å²) < 4.78 is 10.4. The second kappa shape index (κ2) is 8.14. The molecule has 2 aliphatic rings. The molecule has 0 fully saturated rings. The Kier molecular flexibility index (Phi) is 5.98. The number of hydrogen-bond donors (Lipinski definition) is 1. The SMILES string of the molecule is COC(=O)[C@H]1C(=O)C2=C(C[C@H]1C)NC(C)=C(C(=O)OC(C)C)[C@@H]2c1ccc(C)s1. The lowest BCUT2D eigenvalue weighted by Gasteiger charge is -2.37. The highest BCUT2D eigenvalue weighted by atomic mass is 32.1. The summed E-state index contributed by atoms with van der Waals surface area (Å²) in [6.45, 7) is 9.27. The van der Waals surface area contributed by atoms with Gasteiger partial charge in [0.25, 0.3) is 0 Å². The Bertz CT molecular complexity index is 923. The first-order chi connectivity index (χ1) is 13.6. The number of ether oxygens (including phenoxy) is 2. The topological polar surface area (TPSA) is 81.7 Å². The number of allylic oxidation sites excluding steroid dienone is 3. The van der Waals surface area contributed by atoms with Gasteiger partial charge in [-0.15, -0.1) is 11.3 Å². The fraction of sp³-hybridized carbons (Fsp3) is 0.500. The van der Waals surface area contributed by atoms with E-state index in [0.29, 0.717) is 23.3 Å². The number of dihydropyridines is 1. The highest BCUT2D eigenvalue weighted by molar-refractivity contribution is 7.12. The second-order valence-electron chi connectivity index (χ2n) is 7.94. The van der Waals surface area contributed by atoms with Crippen molar-refractivity contribution in [3.8, 4) is 0 Å². The van der Waals surface area contributed by atoms with Gasteiger partial charge in [-0.05, 0) is 52.2 Å². The molecule has 0 spiro atoms. The average Bonchev–Trinajstić information content (AvgIpc) is 3.05. The molecule has 0 unspecified atom stereocenters. The molecule has 0 saturated heterocycles. The number of hydrogen-bond acceptors (Lipinski definition) is 7. The van der Waals surface area contributed by atoms with Gasteiger partial charge in [0, 0.05) is 26.7 Å². The molecule has 0 aromatic carbocycles. The Morgan fingerprint density at radius 1 is 1.24 bits per heavy atom. The number of ketones is 1. The van der Waals surface area contributed by atoms with Crippen LogP contribution in [0.2, 0.25) is 0 Å². The van der Waals surface area contributed by atoms with Gasteiger partial charge in [0.15, 0.2) is 5.78 Å². The van der Waals surface area contributed by atoms with Crippen molar-refractivity contribution in [2.24, 2.45) is 11.8 Å². The zero-order valence-electron chi connectivity index (χ0n) is 17.6. The predicted molar refractivity (Wildman–Crippen MR) is 110 cm³/mol. The molecule has 1 aromatic heterocycles. The molecule has 3 atom stereocenters. The molecule has 1 N–H and O–H groups in total. The van der Waals surface area contributed by atoms with Crippen LogP contribution in [0.1, 0.15) is 49.8 Å². The fourth-order valence-corrected chi connectivity index (χ4v) is 5.12. The summed E-state index contributed by atoms with van der Waals surface area (Å²) in [5.41, 5.74) is 2.35. The summed E-state index contributed by atoms with van der Waals surface area (Å²) in [6, 6.07) is 3.91. The Hall–Kier alpha value is -2.41. The van der Waals surface area contributed by atoms with Crippen LogP contribution in [0.25, 0.3) is 0 Å². The number of rotatable bonds is 4. The van der Waals surface area contributed by atoms with Crippen molar-refractivity contribution >= 4 is 29.1 Å². The molecule has 29 heavy (non-hydrogen) atoms. The highest BCUT2D eigenvalue weighted by Crippen LogP contribution is 2.47. The third kappa shape index (κ3) is 3.88. The van der Waals surface area contributed by atoms with Crippen LogP contribution in [-0.4, -0.2) is 30.9 Å². The maximum absolute atomic E-state index is 13.5. The number of nitrogens with one attached hydrogen (secondary N) is 1. The summed E-state index contributed by atoms with van der Waals surface area (Å²) in [7, 11) is 1.29. The van der Waals surface area contributed by atoms with Gasteiger partial charge in [0.2, 0.25) is 0 Å². The number of esters is 2. The Labute approximate surface area is 175 Å². The zero-order chi connectivity index (χ0) is 21.5. The number of carbonyl (C=O) groups excluding carboxylic acids is 3. The monoisotopic (exact) mass is 417 g/mol. The zero-order valence-corrected chi connectivity index (χ0v) is 18.4. The predicted octanol–water partition coefficient (Wildman–Crippen LogP) is 3.62. The van der Waals surface area contributed by atoms with E-state index in [9.17, 15) is 14.4 Å². The molecule has 1 aliphatic heterocycles. The van der Waals surface area contributed by atoms with Crippen LogP contribution in [0.15, 0.2) is 34.7 Å². The van der Waals surface area contributed by atoms with Gasteiger partial charge in [-0.3, -0.25) is 9.59 Å². The van der Waals surface area contributed by atoms with Crippen molar-refractivity contribution < 1.29 is 23.9 Å². The molecule has 7 heteroatoms. The largest absolute Gasteiger partial charge is 0.468 e. The van der Waals surface area contributed by atoms with E-state index < -0.39 is 23.8 Å². The fourth-order valence-electron chi connectivity index (χ4n) is 4.12. The molecule has 1 aliphatic carbocycles. The Morgan fingerprint density at radius 3 is 2.48 bits per heavy atom. The molecule has 156 valence electrons. The lowest BCUT2D eigenvalue weighted by Crippen LogP contribution is -2.43. The molecule has 1 aromatic rings. The summed E-state index contributed by atoms with van der Waals surface area (Å²) in [5.74, 6) is -2.88. The number of aryl methyl sites for hydroxylation is 1. The van der Waals surface area contributed by atoms with Crippen molar-refractivity contribution in [3.05, 3.63) is 44.4 Å². The van der Waals surface area contributed by atoms with Crippen molar-refractivity contribution in [2.45, 2.75) is 53.1 Å². The number of thiophene rings is 1. The van der Waals surface area contributed by atoms with Gasteiger partial charge in [0.1, 0.15) is 5.92 Å². The summed E-state index contributed by atoms with van der Waals surface area (Å²) >= 11 is 1.54. The van der Waals surface area contributed by atoms with E-state index in [1.54, 1.807) is 13.8 Å². The lowest BCUT2D eigenvalue weighted by molar-refractivity contribution is -0.151. The molecule has 3 rings (SSSR count). The minimum Gasteiger partial charge on any atom is -0.468 e. The average molecular weight is 418 g/mol. The van der Waals surface area contributed by atoms with Gasteiger partial charge in [-0.2, -0.15) is 0 Å². The molecule has 0 amide bonds. The van der Waals surface area contributed by atoms with Crippen molar-refractivity contribution in [3.63, 3.8) is 0 Å². The third-order valence-electron chi connectivity index (χ3n) is 5.35. The summed E-state index contributed by atoms with van der Waals surface area (Å²) in [5, 5.41) is 3.26. The van der Waals surface area contributed by atoms with Crippen molar-refractivity contribution in [1.29, 1.82) is 0 Å². The molecule has 0 bridgehead atoms. The minimum absolute atomic E-state index is 0.191. The first-order valence-corrected chi connectivity index (χ1v) is 10.6. The smallest absolute Gasteiger partial charge is 0.337 e. The van der Waals surface area contributed by atoms with Crippen molar-refractivity contribution in [1.82, 2.24) is 5.32 Å². The molecule has 0 saturated carbocycles. The van der Waals surface area contributed by atoms with E-state index in [0.717, 1.165) is 15.5 Å². The first-order valence-electron chi connectivity index (χ1n) is 9.75. The number of carbonyl (C=O) groups is 3. The lowest BCUT2D eigenvalue weighted by atomic mass is 9.70. The quantitative estimate of drug-likeness (QED) is 0.595. The van der Waals surface area contributed by atoms with Crippen LogP contribution in [0.5, 0.6) is 0 Å². The molecule has 0 radical (unpaired) electrons. The van der Waals surface area contributed by atoms with Crippen LogP contribution < -0.4 is 5.32 Å². The standard InChI is InChI=1S/C22H27NO5S/c1-10(2)28-22(26)17-13(5)23-14-9-11(3)16(21(25)27-6)20(24)18(14)19(17)15-8-7-12(4)29-15/h7-8,10-11,16,19,23H,9H2,1-6H3/t11-,16-,19+/m1/s1. The maximum atomic E-state index is 13.5. The van der Waals surface area contributed by atoms with Gasteiger partial charge >= 0.3 is 11.9 Å². The van der Waals surface area contributed by atoms with Crippen LogP contribution in [0.4, 0.5) is 0 Å². The van der Waals surface area contributed by atoms with E-state index >= 15 is 0 Å². The minimum atomic E-state index is -0.870. The van der Waals surface area contributed by atoms with Crippen LogP contribution in [0, 0.1) is 18.8 Å². The molecular formula is C22H27NO5S. The Morgan fingerprint density at radius 2 is 1.93 bits per heavy atom. The normalized spacial score (nSPS) is 24.4. The van der Waals surface area contributed by atoms with Gasteiger partial charge in [-0.1, -0.05) is 6.92 Å². The van der Waals surface area contributed by atoms with Gasteiger partial charge in [-0.25, -0.2) is 4.79 Å². The number of Topliss-reactive ketones (excluding diaryl/α,β-unsaturated/α-hetero) is 1. The molecule has 6 nitrogen and oxygen atoms in total. The maximum Gasteiger partial charge on any atom is 0.337 e. The van der Waals surface area contributed by atoms with Gasteiger partial charge in [0.05, 0.1) is 24.7 Å². The van der Waals surface area contributed by atoms with Crippen LogP contribution >= 0.6 is 11.3 Å². The van der Waals surface area contributed by atoms with E-state index in [1.165, 1.54) is 18.4 Å². The van der Waals surface area contributed by atoms with E-state index in [1.807, 2.05) is 32.9 Å². The van der Waals surface area contributed by atoms with Crippen LogP contribution in [0.3, 0.4) is 0 Å². The number of methoxy groups -OCH3 is 1. The Balaban J connectivity index is 2.15. The van der Waals surface area contributed by atoms with Crippen LogP contribution in [-0.2, 0) is 23.9 Å².